The molecule has 102 valence electrons. The second kappa shape index (κ2) is 7.74. The van der Waals surface area contributed by atoms with Gasteiger partial charge in [-0.05, 0) is 30.7 Å². The first kappa shape index (κ1) is 17.4. The second-order valence-electron chi connectivity index (χ2n) is 3.80. The van der Waals surface area contributed by atoms with Crippen molar-refractivity contribution in [1.82, 2.24) is 0 Å². The van der Waals surface area contributed by atoms with Crippen LogP contribution in [0.1, 0.15) is 12.5 Å². The van der Waals surface area contributed by atoms with Crippen LogP contribution in [0.25, 0.3) is 0 Å². The fourth-order valence-corrected chi connectivity index (χ4v) is 2.18. The number of rotatable bonds is 4. The Morgan fingerprint density at radius 2 is 2.17 bits per heavy atom. The van der Waals surface area contributed by atoms with Crippen molar-refractivity contribution >= 4 is 46.4 Å². The molecule has 0 aliphatic rings. The van der Waals surface area contributed by atoms with Crippen LogP contribution in [0.3, 0.4) is 0 Å². The van der Waals surface area contributed by atoms with Gasteiger partial charge < -0.3 is 11.1 Å². The average Bonchev–Trinajstić information content (AvgIpc) is 2.22. The summed E-state index contributed by atoms with van der Waals surface area (Å²) < 4.78 is 11.2. The van der Waals surface area contributed by atoms with Crippen molar-refractivity contribution in [2.75, 3.05) is 11.6 Å². The molecule has 0 radical (unpaired) electrons. The third-order valence-corrected chi connectivity index (χ3v) is 3.17. The predicted molar refractivity (Wildman–Crippen MR) is 78.7 cm³/mol. The molecule has 0 heterocycles. The van der Waals surface area contributed by atoms with E-state index in [1.165, 1.54) is 0 Å². The van der Waals surface area contributed by atoms with E-state index in [2.05, 4.69) is 5.32 Å². The SMILES string of the molecule is C[C@H](N)C(=O)Nc1ccc(Cl)c(CS(C)=O)c1.Cl. The summed E-state index contributed by atoms with van der Waals surface area (Å²) in [6.07, 6.45) is 1.60. The van der Waals surface area contributed by atoms with Crippen LogP contribution >= 0.6 is 24.0 Å². The zero-order valence-corrected chi connectivity index (χ0v) is 12.5. The van der Waals surface area contributed by atoms with Gasteiger partial charge in [-0.3, -0.25) is 9.00 Å². The minimum absolute atomic E-state index is 0. The predicted octanol–water partition coefficient (Wildman–Crippen LogP) is 1.93. The third-order valence-electron chi connectivity index (χ3n) is 2.09. The Balaban J connectivity index is 0.00000289. The average molecular weight is 311 g/mol. The zero-order valence-electron chi connectivity index (χ0n) is 10.1. The lowest BCUT2D eigenvalue weighted by Crippen LogP contribution is -2.32. The van der Waals surface area contributed by atoms with E-state index < -0.39 is 16.8 Å². The first-order valence-electron chi connectivity index (χ1n) is 5.05. The largest absolute Gasteiger partial charge is 0.325 e. The van der Waals surface area contributed by atoms with Gasteiger partial charge in [-0.25, -0.2) is 0 Å². The van der Waals surface area contributed by atoms with E-state index in [0.717, 1.165) is 5.56 Å². The fourth-order valence-electron chi connectivity index (χ4n) is 1.24. The lowest BCUT2D eigenvalue weighted by atomic mass is 10.2. The molecule has 1 amide bonds. The Kier molecular flexibility index (Phi) is 7.47. The molecule has 2 atom stereocenters. The van der Waals surface area contributed by atoms with E-state index >= 15 is 0 Å². The van der Waals surface area contributed by atoms with Gasteiger partial charge in [0.25, 0.3) is 0 Å². The molecule has 0 saturated carbocycles. The van der Waals surface area contributed by atoms with E-state index in [1.54, 1.807) is 31.4 Å². The van der Waals surface area contributed by atoms with Crippen LogP contribution in [-0.4, -0.2) is 22.4 Å². The maximum Gasteiger partial charge on any atom is 0.240 e. The number of anilines is 1. The molecular weight excluding hydrogens is 295 g/mol. The molecule has 0 aliphatic heterocycles. The van der Waals surface area contributed by atoms with Gasteiger partial charge in [0, 0.05) is 33.5 Å². The van der Waals surface area contributed by atoms with Crippen molar-refractivity contribution in [2.24, 2.45) is 5.73 Å². The number of hydrogen-bond acceptors (Lipinski definition) is 3. The molecule has 4 nitrogen and oxygen atoms in total. The first-order valence-corrected chi connectivity index (χ1v) is 7.15. The molecule has 1 aromatic carbocycles. The topological polar surface area (TPSA) is 72.2 Å². The summed E-state index contributed by atoms with van der Waals surface area (Å²) in [5, 5.41) is 3.20. The molecule has 0 aromatic heterocycles. The molecule has 0 fully saturated rings. The minimum atomic E-state index is -0.978. The molecule has 18 heavy (non-hydrogen) atoms. The zero-order chi connectivity index (χ0) is 13.0. The number of halogens is 2. The van der Waals surface area contributed by atoms with Gasteiger partial charge in [0.05, 0.1) is 6.04 Å². The Bertz CT molecular complexity index is 453. The molecule has 0 aliphatic carbocycles. The van der Waals surface area contributed by atoms with Crippen molar-refractivity contribution < 1.29 is 9.00 Å². The van der Waals surface area contributed by atoms with Crippen LogP contribution < -0.4 is 11.1 Å². The quantitative estimate of drug-likeness (QED) is 0.892. The summed E-state index contributed by atoms with van der Waals surface area (Å²) in [4.78, 5) is 11.4. The van der Waals surface area contributed by atoms with Gasteiger partial charge in [-0.2, -0.15) is 0 Å². The first-order chi connectivity index (χ1) is 7.90. The summed E-state index contributed by atoms with van der Waals surface area (Å²) in [6, 6.07) is 4.49. The molecule has 7 heteroatoms. The van der Waals surface area contributed by atoms with Gasteiger partial charge >= 0.3 is 0 Å². The van der Waals surface area contributed by atoms with Crippen LogP contribution in [0.4, 0.5) is 5.69 Å². The van der Waals surface area contributed by atoms with Gasteiger partial charge in [0.15, 0.2) is 0 Å². The van der Waals surface area contributed by atoms with Crippen LogP contribution in [0, 0.1) is 0 Å². The summed E-state index contributed by atoms with van der Waals surface area (Å²) in [5.41, 5.74) is 6.80. The van der Waals surface area contributed by atoms with Gasteiger partial charge in [-0.1, -0.05) is 11.6 Å². The summed E-state index contributed by atoms with van der Waals surface area (Å²) in [6.45, 7) is 1.60. The summed E-state index contributed by atoms with van der Waals surface area (Å²) in [5.74, 6) is 0.0941. The standard InChI is InChI=1S/C11H15ClN2O2S.ClH/c1-7(13)11(15)14-9-3-4-10(12)8(5-9)6-17(2)16;/h3-5,7H,6,13H2,1-2H3,(H,14,15);1H/t7-,17?;/m0./s1. The monoisotopic (exact) mass is 310 g/mol. The molecule has 0 spiro atoms. The maximum atomic E-state index is 11.4. The van der Waals surface area contributed by atoms with E-state index in [1.807, 2.05) is 0 Å². The highest BCUT2D eigenvalue weighted by atomic mass is 35.5. The van der Waals surface area contributed by atoms with Crippen molar-refractivity contribution in [2.45, 2.75) is 18.7 Å². The minimum Gasteiger partial charge on any atom is -0.325 e. The highest BCUT2D eigenvalue weighted by molar-refractivity contribution is 7.83. The third kappa shape index (κ3) is 5.35. The molecule has 0 bridgehead atoms. The highest BCUT2D eigenvalue weighted by Gasteiger charge is 2.09. The second-order valence-corrected chi connectivity index (χ2v) is 5.64. The Morgan fingerprint density at radius 1 is 1.56 bits per heavy atom. The van der Waals surface area contributed by atoms with Crippen LogP contribution in [0.2, 0.25) is 5.02 Å². The maximum absolute atomic E-state index is 11.4. The van der Waals surface area contributed by atoms with Crippen molar-refractivity contribution in [3.8, 4) is 0 Å². The Labute approximate surface area is 120 Å². The Hall–Kier alpha value is -0.620. The fraction of sp³-hybridized carbons (Fsp3) is 0.364. The molecule has 3 N–H and O–H groups in total. The summed E-state index contributed by atoms with van der Waals surface area (Å²) >= 11 is 5.97. The van der Waals surface area contributed by atoms with Crippen molar-refractivity contribution in [1.29, 1.82) is 0 Å². The number of nitrogens with one attached hydrogen (secondary N) is 1. The summed E-state index contributed by atoms with van der Waals surface area (Å²) in [7, 11) is -0.978. The number of nitrogens with two attached hydrogens (primary N) is 1. The number of carbonyl (C=O) groups is 1. The number of amides is 1. The van der Waals surface area contributed by atoms with Crippen LogP contribution in [0.5, 0.6) is 0 Å². The van der Waals surface area contributed by atoms with Gasteiger partial charge in [0.1, 0.15) is 0 Å². The van der Waals surface area contributed by atoms with Crippen molar-refractivity contribution in [3.63, 3.8) is 0 Å². The van der Waals surface area contributed by atoms with Gasteiger partial charge in [0.2, 0.25) is 5.91 Å². The van der Waals surface area contributed by atoms with Gasteiger partial charge in [-0.15, -0.1) is 12.4 Å². The number of carbonyl (C=O) groups excluding carboxylic acids is 1. The van der Waals surface area contributed by atoms with Crippen LogP contribution in [0.15, 0.2) is 18.2 Å². The molecule has 1 unspecified atom stereocenters. The van der Waals surface area contributed by atoms with Crippen LogP contribution in [-0.2, 0) is 21.3 Å². The lowest BCUT2D eigenvalue weighted by Gasteiger charge is -2.10. The van der Waals surface area contributed by atoms with Crippen molar-refractivity contribution in [3.05, 3.63) is 28.8 Å². The Morgan fingerprint density at radius 3 is 2.67 bits per heavy atom. The number of hydrogen-bond donors (Lipinski definition) is 2. The molecule has 1 rings (SSSR count). The molecule has 1 aromatic rings. The van der Waals surface area contributed by atoms with E-state index in [9.17, 15) is 9.00 Å². The van der Waals surface area contributed by atoms with E-state index in [0.29, 0.717) is 16.5 Å². The number of benzene rings is 1. The molecule has 0 saturated heterocycles. The van der Waals surface area contributed by atoms with E-state index in [-0.39, 0.29) is 18.3 Å². The lowest BCUT2D eigenvalue weighted by molar-refractivity contribution is -0.117. The molecular formula is C11H16Cl2N2O2S. The smallest absolute Gasteiger partial charge is 0.240 e. The highest BCUT2D eigenvalue weighted by Crippen LogP contribution is 2.21. The normalized spacial score (nSPS) is 13.3. The van der Waals surface area contributed by atoms with E-state index in [4.69, 9.17) is 17.3 Å².